The van der Waals surface area contributed by atoms with Gasteiger partial charge in [0.25, 0.3) is 0 Å². The summed E-state index contributed by atoms with van der Waals surface area (Å²) in [6, 6.07) is 6.97. The lowest BCUT2D eigenvalue weighted by Crippen LogP contribution is -2.40. The van der Waals surface area contributed by atoms with Crippen molar-refractivity contribution >= 4 is 0 Å². The maximum Gasteiger partial charge on any atom is 0.123 e. The first-order chi connectivity index (χ1) is 9.92. The highest BCUT2D eigenvalue weighted by Crippen LogP contribution is 2.23. The van der Waals surface area contributed by atoms with Crippen molar-refractivity contribution in [2.75, 3.05) is 13.2 Å². The zero-order valence-electron chi connectivity index (χ0n) is 13.5. The average molecular weight is 293 g/mol. The number of ether oxygens (including phenoxy) is 1. The van der Waals surface area contributed by atoms with Crippen molar-refractivity contribution in [1.29, 1.82) is 0 Å². The lowest BCUT2D eigenvalue weighted by Gasteiger charge is -2.27. The van der Waals surface area contributed by atoms with Crippen LogP contribution in [0.15, 0.2) is 24.3 Å². The van der Waals surface area contributed by atoms with Gasteiger partial charge in [0.05, 0.1) is 6.10 Å². The molecule has 1 aromatic carbocycles. The van der Waals surface area contributed by atoms with Gasteiger partial charge in [0, 0.05) is 12.1 Å². The van der Waals surface area contributed by atoms with E-state index in [0.29, 0.717) is 12.0 Å². The number of hydrogen-bond donors (Lipinski definition) is 1. The van der Waals surface area contributed by atoms with Gasteiger partial charge in [0.2, 0.25) is 0 Å². The zero-order chi connectivity index (χ0) is 15.3. The van der Waals surface area contributed by atoms with E-state index in [4.69, 9.17) is 4.74 Å². The fourth-order valence-corrected chi connectivity index (χ4v) is 2.89. The molecular weight excluding hydrogens is 265 g/mol. The van der Waals surface area contributed by atoms with Crippen molar-refractivity contribution < 1.29 is 9.13 Å². The topological polar surface area (TPSA) is 21.3 Å². The zero-order valence-corrected chi connectivity index (χ0v) is 13.5. The molecule has 118 valence electrons. The van der Waals surface area contributed by atoms with E-state index >= 15 is 0 Å². The summed E-state index contributed by atoms with van der Waals surface area (Å²) >= 11 is 0. The van der Waals surface area contributed by atoms with Crippen LogP contribution in [0.4, 0.5) is 4.39 Å². The molecule has 0 radical (unpaired) electrons. The Hall–Kier alpha value is -0.930. The minimum absolute atomic E-state index is 0.108. The Morgan fingerprint density at radius 2 is 2.19 bits per heavy atom. The van der Waals surface area contributed by atoms with Gasteiger partial charge in [-0.3, -0.25) is 0 Å². The summed E-state index contributed by atoms with van der Waals surface area (Å²) in [6.07, 6.45) is 4.67. The largest absolute Gasteiger partial charge is 0.378 e. The molecule has 3 heteroatoms. The van der Waals surface area contributed by atoms with Crippen LogP contribution in [0.1, 0.15) is 45.6 Å². The second kappa shape index (κ2) is 7.37. The quantitative estimate of drug-likeness (QED) is 0.857. The summed E-state index contributed by atoms with van der Waals surface area (Å²) in [4.78, 5) is 0. The maximum absolute atomic E-state index is 13.4. The van der Waals surface area contributed by atoms with E-state index in [-0.39, 0.29) is 11.4 Å². The van der Waals surface area contributed by atoms with Gasteiger partial charge in [0.1, 0.15) is 5.82 Å². The third-order valence-corrected chi connectivity index (χ3v) is 3.95. The Morgan fingerprint density at radius 1 is 1.38 bits per heavy atom. The van der Waals surface area contributed by atoms with E-state index in [9.17, 15) is 4.39 Å². The van der Waals surface area contributed by atoms with E-state index in [1.165, 1.54) is 12.5 Å². The SMILES string of the molecule is CC(C)(C)NCC(Cc1cccc(F)c1)CC1CCCO1. The number of nitrogens with one attached hydrogen (secondary N) is 1. The molecule has 2 unspecified atom stereocenters. The van der Waals surface area contributed by atoms with E-state index in [2.05, 4.69) is 26.1 Å². The van der Waals surface area contributed by atoms with Gasteiger partial charge in [-0.2, -0.15) is 0 Å². The van der Waals surface area contributed by atoms with Crippen LogP contribution < -0.4 is 5.32 Å². The highest BCUT2D eigenvalue weighted by molar-refractivity contribution is 5.17. The van der Waals surface area contributed by atoms with Gasteiger partial charge in [-0.05, 0) is 76.6 Å². The predicted octanol–water partition coefficient (Wildman–Crippen LogP) is 3.94. The molecule has 1 N–H and O–H groups in total. The van der Waals surface area contributed by atoms with E-state index in [1.807, 2.05) is 6.07 Å². The minimum Gasteiger partial charge on any atom is -0.378 e. The molecule has 0 bridgehead atoms. The fourth-order valence-electron chi connectivity index (χ4n) is 2.89. The lowest BCUT2D eigenvalue weighted by atomic mass is 9.91. The highest BCUT2D eigenvalue weighted by Gasteiger charge is 2.22. The van der Waals surface area contributed by atoms with Gasteiger partial charge in [0.15, 0.2) is 0 Å². The molecule has 2 nitrogen and oxygen atoms in total. The average Bonchev–Trinajstić information content (AvgIpc) is 2.88. The second-order valence-corrected chi connectivity index (χ2v) is 7.20. The molecule has 0 amide bonds. The Balaban J connectivity index is 1.96. The van der Waals surface area contributed by atoms with Crippen LogP contribution in [0, 0.1) is 11.7 Å². The summed E-state index contributed by atoms with van der Waals surface area (Å²) in [7, 11) is 0. The van der Waals surface area contributed by atoms with Gasteiger partial charge in [-0.15, -0.1) is 0 Å². The van der Waals surface area contributed by atoms with Crippen molar-refractivity contribution in [2.24, 2.45) is 5.92 Å². The molecule has 1 saturated heterocycles. The molecule has 2 rings (SSSR count). The standard InChI is InChI=1S/C18H28FNO/c1-18(2,3)20-13-15(12-17-8-5-9-21-17)10-14-6-4-7-16(19)11-14/h4,6-7,11,15,17,20H,5,8-10,12-13H2,1-3H3. The van der Waals surface area contributed by atoms with Gasteiger partial charge < -0.3 is 10.1 Å². The summed E-state index contributed by atoms with van der Waals surface area (Å²) in [5.41, 5.74) is 1.19. The number of halogens is 1. The first kappa shape index (κ1) is 16.4. The summed E-state index contributed by atoms with van der Waals surface area (Å²) in [6.45, 7) is 8.37. The molecule has 1 aliphatic rings. The molecule has 0 aliphatic carbocycles. The number of rotatable bonds is 6. The van der Waals surface area contributed by atoms with Crippen molar-refractivity contribution in [3.05, 3.63) is 35.6 Å². The molecule has 1 fully saturated rings. The molecule has 2 atom stereocenters. The van der Waals surface area contributed by atoms with Gasteiger partial charge >= 0.3 is 0 Å². The van der Waals surface area contributed by atoms with Crippen molar-refractivity contribution in [3.63, 3.8) is 0 Å². The molecule has 0 saturated carbocycles. The Kier molecular flexibility index (Phi) is 5.77. The van der Waals surface area contributed by atoms with E-state index < -0.39 is 0 Å². The van der Waals surface area contributed by atoms with Crippen LogP contribution in [0.2, 0.25) is 0 Å². The molecule has 1 aliphatic heterocycles. The van der Waals surface area contributed by atoms with E-state index in [1.54, 1.807) is 12.1 Å². The van der Waals surface area contributed by atoms with Crippen LogP contribution in [0.3, 0.4) is 0 Å². The first-order valence-corrected chi connectivity index (χ1v) is 8.03. The number of benzene rings is 1. The Morgan fingerprint density at radius 3 is 2.81 bits per heavy atom. The fraction of sp³-hybridized carbons (Fsp3) is 0.667. The van der Waals surface area contributed by atoms with Crippen LogP contribution in [-0.4, -0.2) is 24.8 Å². The third kappa shape index (κ3) is 6.15. The third-order valence-electron chi connectivity index (χ3n) is 3.95. The van der Waals surface area contributed by atoms with Crippen molar-refractivity contribution in [2.45, 2.75) is 58.1 Å². The lowest BCUT2D eigenvalue weighted by molar-refractivity contribution is 0.0882. The minimum atomic E-state index is -0.146. The summed E-state index contributed by atoms with van der Waals surface area (Å²) < 4.78 is 19.1. The van der Waals surface area contributed by atoms with Crippen molar-refractivity contribution in [3.8, 4) is 0 Å². The molecular formula is C18H28FNO. The van der Waals surface area contributed by atoms with Crippen LogP contribution >= 0.6 is 0 Å². The Labute approximate surface area is 128 Å². The van der Waals surface area contributed by atoms with Gasteiger partial charge in [-0.1, -0.05) is 12.1 Å². The highest BCUT2D eigenvalue weighted by atomic mass is 19.1. The molecule has 1 heterocycles. The molecule has 21 heavy (non-hydrogen) atoms. The Bertz CT molecular complexity index is 435. The van der Waals surface area contributed by atoms with Crippen LogP contribution in [0.5, 0.6) is 0 Å². The van der Waals surface area contributed by atoms with Crippen molar-refractivity contribution in [1.82, 2.24) is 5.32 Å². The van der Waals surface area contributed by atoms with Crippen LogP contribution in [0.25, 0.3) is 0 Å². The normalized spacial score (nSPS) is 20.7. The molecule has 0 spiro atoms. The number of hydrogen-bond acceptors (Lipinski definition) is 2. The maximum atomic E-state index is 13.4. The smallest absolute Gasteiger partial charge is 0.123 e. The first-order valence-electron chi connectivity index (χ1n) is 8.03. The summed E-state index contributed by atoms with van der Waals surface area (Å²) in [5.74, 6) is 0.335. The van der Waals surface area contributed by atoms with E-state index in [0.717, 1.165) is 38.0 Å². The summed E-state index contributed by atoms with van der Waals surface area (Å²) in [5, 5.41) is 3.58. The second-order valence-electron chi connectivity index (χ2n) is 7.20. The van der Waals surface area contributed by atoms with Gasteiger partial charge in [-0.25, -0.2) is 4.39 Å². The monoisotopic (exact) mass is 293 g/mol. The molecule has 0 aromatic heterocycles. The molecule has 1 aromatic rings. The van der Waals surface area contributed by atoms with Crippen LogP contribution in [-0.2, 0) is 11.2 Å². The predicted molar refractivity (Wildman–Crippen MR) is 84.9 cm³/mol.